The summed E-state index contributed by atoms with van der Waals surface area (Å²) in [7, 11) is -4.21. The van der Waals surface area contributed by atoms with E-state index in [0.29, 0.717) is 0 Å². The summed E-state index contributed by atoms with van der Waals surface area (Å²) in [4.78, 5) is 0. The molecule has 0 fully saturated rings. The maximum atomic E-state index is 10.5. The van der Waals surface area contributed by atoms with Crippen molar-refractivity contribution in [2.45, 2.75) is 6.42 Å². The van der Waals surface area contributed by atoms with E-state index in [9.17, 15) is 8.42 Å². The van der Waals surface area contributed by atoms with Crippen molar-refractivity contribution in [2.24, 2.45) is 5.14 Å². The van der Waals surface area contributed by atoms with E-state index in [2.05, 4.69) is 4.72 Å². The fourth-order valence-electron chi connectivity index (χ4n) is 0.561. The third kappa shape index (κ3) is 1.75. The van der Waals surface area contributed by atoms with Crippen molar-refractivity contribution in [1.29, 1.82) is 0 Å². The average molecular weight is 168 g/mol. The van der Waals surface area contributed by atoms with Crippen LogP contribution in [0.4, 0.5) is 0 Å². The minimum atomic E-state index is -3.34. The maximum absolute atomic E-state index is 10.5. The van der Waals surface area contributed by atoms with E-state index >= 15 is 0 Å². The van der Waals surface area contributed by atoms with Gasteiger partial charge in [-0.2, -0.15) is 0 Å². The minimum absolute atomic E-state index is 0.722. The molecule has 0 saturated heterocycles. The highest BCUT2D eigenvalue weighted by Crippen LogP contribution is 2.16. The Hall–Kier alpha value is 0.0900. The molecule has 0 bridgehead atoms. The molecular weight excluding hydrogens is 160 g/mol. The van der Waals surface area contributed by atoms with Gasteiger partial charge in [0.1, 0.15) is 0 Å². The second kappa shape index (κ2) is 2.37. The third-order valence-electron chi connectivity index (χ3n) is 0.908. The van der Waals surface area contributed by atoms with Crippen LogP contribution in [0.5, 0.6) is 0 Å². The summed E-state index contributed by atoms with van der Waals surface area (Å²) < 4.78 is 23.8. The molecule has 9 heavy (non-hydrogen) atoms. The van der Waals surface area contributed by atoms with Crippen molar-refractivity contribution in [3.63, 3.8) is 0 Å². The summed E-state index contributed by atoms with van der Waals surface area (Å²) in [6.45, 7) is 0.722. The van der Waals surface area contributed by atoms with E-state index in [0.717, 1.165) is 13.0 Å². The molecule has 1 aliphatic heterocycles. The van der Waals surface area contributed by atoms with Crippen LogP contribution in [0.1, 0.15) is 6.42 Å². The molecule has 0 spiro atoms. The lowest BCUT2D eigenvalue weighted by Crippen LogP contribution is -2.15. The molecular formula is C3H8N2O2S2. The van der Waals surface area contributed by atoms with Gasteiger partial charge in [-0.05, 0) is 11.8 Å². The summed E-state index contributed by atoms with van der Waals surface area (Å²) >= 11 is 0. The van der Waals surface area contributed by atoms with Crippen molar-refractivity contribution in [3.05, 3.63) is 0 Å². The minimum Gasteiger partial charge on any atom is -0.256 e. The van der Waals surface area contributed by atoms with Gasteiger partial charge in [0.05, 0.1) is 0 Å². The second-order valence-electron chi connectivity index (χ2n) is 1.64. The monoisotopic (exact) mass is 168 g/mol. The molecule has 6 heteroatoms. The standard InChI is InChI=1S/C3H8N2O2S2/c4-9(6,7)8-3-1-2-5-8/h3,5H,1-2H2,(H2,4,6,7). The Kier molecular flexibility index (Phi) is 1.90. The smallest absolute Gasteiger partial charge is 0.256 e. The highest BCUT2D eigenvalue weighted by atomic mass is 33.2. The van der Waals surface area contributed by atoms with E-state index < -0.39 is 18.8 Å². The highest BCUT2D eigenvalue weighted by Gasteiger charge is 2.11. The Bertz CT molecular complexity index is 230. The van der Waals surface area contributed by atoms with Gasteiger partial charge in [0.25, 0.3) is 9.06 Å². The third-order valence-corrected chi connectivity index (χ3v) is 4.70. The zero-order valence-corrected chi connectivity index (χ0v) is 6.33. The predicted octanol–water partition coefficient (Wildman–Crippen LogP) is -0.831. The molecule has 0 radical (unpaired) electrons. The van der Waals surface area contributed by atoms with E-state index in [1.54, 1.807) is 5.37 Å². The van der Waals surface area contributed by atoms with Gasteiger partial charge in [0.15, 0.2) is 0 Å². The summed E-state index contributed by atoms with van der Waals surface area (Å²) in [5.74, 6) is 0. The molecule has 54 valence electrons. The average Bonchev–Trinajstić information content (AvgIpc) is 2.08. The Balaban J connectivity index is 2.87. The van der Waals surface area contributed by atoms with Gasteiger partial charge in [0, 0.05) is 16.2 Å². The fraction of sp³-hybridized carbons (Fsp3) is 0.667. The van der Waals surface area contributed by atoms with E-state index in [1.807, 2.05) is 0 Å². The topological polar surface area (TPSA) is 72.2 Å². The first-order valence-corrected chi connectivity index (χ1v) is 5.79. The Morgan fingerprint density at radius 2 is 2.33 bits per heavy atom. The Labute approximate surface area is 55.9 Å². The summed E-state index contributed by atoms with van der Waals surface area (Å²) in [6.07, 6.45) is 0.791. The van der Waals surface area contributed by atoms with Crippen molar-refractivity contribution < 1.29 is 8.42 Å². The van der Waals surface area contributed by atoms with E-state index in [4.69, 9.17) is 5.14 Å². The number of nitrogens with one attached hydrogen (secondary N) is 1. The van der Waals surface area contributed by atoms with Gasteiger partial charge >= 0.3 is 0 Å². The van der Waals surface area contributed by atoms with Crippen LogP contribution in [-0.4, -0.2) is 20.3 Å². The predicted molar refractivity (Wildman–Crippen MR) is 39.4 cm³/mol. The lowest BCUT2D eigenvalue weighted by Gasteiger charge is -1.97. The molecule has 1 rings (SSSR count). The largest absolute Gasteiger partial charge is 0.269 e. The normalized spacial score (nSPS) is 27.9. The van der Waals surface area contributed by atoms with Gasteiger partial charge in [-0.25, -0.2) is 13.6 Å². The number of hydrogen-bond donors (Lipinski definition) is 2. The van der Waals surface area contributed by atoms with Crippen LogP contribution in [0.15, 0.2) is 0 Å². The summed E-state index contributed by atoms with van der Waals surface area (Å²) in [6, 6.07) is 0. The SMILES string of the molecule is NS(=O)(=O)S1=CCCN1. The zero-order chi connectivity index (χ0) is 6.91. The van der Waals surface area contributed by atoms with E-state index in [-0.39, 0.29) is 0 Å². The molecule has 0 aromatic heterocycles. The zero-order valence-electron chi connectivity index (χ0n) is 4.70. The molecule has 0 amide bonds. The van der Waals surface area contributed by atoms with Crippen molar-refractivity contribution in [1.82, 2.24) is 4.72 Å². The van der Waals surface area contributed by atoms with Crippen LogP contribution in [0.3, 0.4) is 0 Å². The van der Waals surface area contributed by atoms with E-state index in [1.165, 1.54) is 0 Å². The van der Waals surface area contributed by atoms with Crippen LogP contribution < -0.4 is 9.86 Å². The maximum Gasteiger partial charge on any atom is 0.269 e. The first kappa shape index (κ1) is 7.20. The lowest BCUT2D eigenvalue weighted by atomic mass is 10.5. The number of hydrogen-bond acceptors (Lipinski definition) is 3. The van der Waals surface area contributed by atoms with Crippen LogP contribution >= 0.6 is 9.70 Å². The molecule has 1 heterocycles. The first-order valence-electron chi connectivity index (χ1n) is 2.44. The van der Waals surface area contributed by atoms with Gasteiger partial charge in [-0.15, -0.1) is 0 Å². The number of rotatable bonds is 1. The van der Waals surface area contributed by atoms with Gasteiger partial charge in [-0.3, -0.25) is 4.72 Å². The molecule has 1 atom stereocenters. The molecule has 4 nitrogen and oxygen atoms in total. The number of nitrogens with two attached hydrogens (primary N) is 1. The molecule has 0 aromatic carbocycles. The van der Waals surface area contributed by atoms with Crippen molar-refractivity contribution >= 4 is 24.1 Å². The molecule has 0 aliphatic carbocycles. The molecule has 1 aliphatic rings. The Morgan fingerprint density at radius 1 is 1.67 bits per heavy atom. The van der Waals surface area contributed by atoms with Crippen LogP contribution in [0.2, 0.25) is 0 Å². The fourth-order valence-corrected chi connectivity index (χ4v) is 3.28. The van der Waals surface area contributed by atoms with Gasteiger partial charge in [-0.1, -0.05) is 0 Å². The molecule has 0 aromatic rings. The van der Waals surface area contributed by atoms with Crippen molar-refractivity contribution in [2.75, 3.05) is 6.54 Å². The van der Waals surface area contributed by atoms with Crippen LogP contribution in [-0.2, 0) is 9.06 Å². The highest BCUT2D eigenvalue weighted by molar-refractivity contribution is 8.77. The molecule has 3 N–H and O–H groups in total. The second-order valence-corrected chi connectivity index (χ2v) is 6.31. The summed E-state index contributed by atoms with van der Waals surface area (Å²) in [5.41, 5.74) is 0. The van der Waals surface area contributed by atoms with Gasteiger partial charge in [0.2, 0.25) is 0 Å². The van der Waals surface area contributed by atoms with Crippen molar-refractivity contribution in [3.8, 4) is 0 Å². The molecule has 0 saturated carbocycles. The van der Waals surface area contributed by atoms with Gasteiger partial charge < -0.3 is 0 Å². The molecule has 1 unspecified atom stereocenters. The first-order chi connectivity index (χ1) is 4.11. The summed E-state index contributed by atoms with van der Waals surface area (Å²) in [5, 5.41) is 6.52. The van der Waals surface area contributed by atoms with Crippen LogP contribution in [0, 0.1) is 0 Å². The quantitative estimate of drug-likeness (QED) is 0.396. The van der Waals surface area contributed by atoms with Crippen LogP contribution in [0.25, 0.3) is 0 Å². The Morgan fingerprint density at radius 3 is 2.56 bits per heavy atom. The lowest BCUT2D eigenvalue weighted by molar-refractivity contribution is 0.611.